The number of amides is 1. The minimum atomic E-state index is -0.392. The monoisotopic (exact) mass is 267 g/mol. The fourth-order valence-electron chi connectivity index (χ4n) is 2.31. The molecule has 0 bridgehead atoms. The summed E-state index contributed by atoms with van der Waals surface area (Å²) < 4.78 is 11.2. The van der Waals surface area contributed by atoms with Gasteiger partial charge in [-0.2, -0.15) is 0 Å². The zero-order valence-electron chi connectivity index (χ0n) is 11.4. The Labute approximate surface area is 112 Å². The van der Waals surface area contributed by atoms with E-state index in [0.29, 0.717) is 6.54 Å². The molecule has 0 saturated carbocycles. The second-order valence-electron chi connectivity index (χ2n) is 4.83. The third kappa shape index (κ3) is 3.34. The van der Waals surface area contributed by atoms with Crippen molar-refractivity contribution in [2.45, 2.75) is 32.9 Å². The molecule has 106 valence electrons. The van der Waals surface area contributed by atoms with E-state index in [4.69, 9.17) is 15.0 Å². The van der Waals surface area contributed by atoms with Crippen LogP contribution in [0, 0.1) is 6.92 Å². The topological polar surface area (TPSA) is 80.7 Å². The van der Waals surface area contributed by atoms with Crippen LogP contribution in [0.4, 0.5) is 0 Å². The maximum absolute atomic E-state index is 11.5. The fourth-order valence-corrected chi connectivity index (χ4v) is 2.31. The lowest BCUT2D eigenvalue weighted by molar-refractivity contribution is -0.0342. The number of hydrazine groups is 1. The average Bonchev–Trinajstić information content (AvgIpc) is 2.79. The summed E-state index contributed by atoms with van der Waals surface area (Å²) in [5, 5.41) is 0. The summed E-state index contributed by atoms with van der Waals surface area (Å²) in [6.07, 6.45) is 1.30. The molecular formula is C13H21N3O3. The molecule has 1 aliphatic heterocycles. The van der Waals surface area contributed by atoms with Gasteiger partial charge in [0, 0.05) is 18.7 Å². The highest BCUT2D eigenvalue weighted by Gasteiger charge is 2.21. The molecule has 1 aromatic heterocycles. The fraction of sp³-hybridized carbons (Fsp3) is 0.615. The Kier molecular flexibility index (Phi) is 4.57. The number of nitrogen functional groups attached to an aromatic ring is 1. The molecule has 3 N–H and O–H groups in total. The summed E-state index contributed by atoms with van der Waals surface area (Å²) in [4.78, 5) is 13.8. The van der Waals surface area contributed by atoms with Gasteiger partial charge in [-0.1, -0.05) is 6.92 Å². The molecule has 1 aromatic rings. The number of ether oxygens (including phenoxy) is 1. The van der Waals surface area contributed by atoms with Crippen LogP contribution >= 0.6 is 0 Å². The number of carbonyl (C=O) groups is 1. The molecular weight excluding hydrogens is 246 g/mol. The van der Waals surface area contributed by atoms with Gasteiger partial charge in [0.1, 0.15) is 5.76 Å². The first-order valence-electron chi connectivity index (χ1n) is 6.58. The second kappa shape index (κ2) is 6.18. The van der Waals surface area contributed by atoms with E-state index in [9.17, 15) is 4.79 Å². The number of nitrogens with one attached hydrogen (secondary N) is 1. The standard InChI is InChI=1S/C13H21N3O3/c1-3-10-7-16(4-5-18-10)8-11-6-9(2)12(19-11)13(17)15-14/h6,10H,3-5,7-8,14H2,1-2H3,(H,15,17). The summed E-state index contributed by atoms with van der Waals surface area (Å²) in [5.41, 5.74) is 2.89. The van der Waals surface area contributed by atoms with Gasteiger partial charge in [-0.15, -0.1) is 0 Å². The van der Waals surface area contributed by atoms with Crippen molar-refractivity contribution in [1.29, 1.82) is 0 Å². The number of carbonyl (C=O) groups excluding carboxylic acids is 1. The molecule has 1 amide bonds. The number of hydrogen-bond donors (Lipinski definition) is 2. The highest BCUT2D eigenvalue weighted by molar-refractivity contribution is 5.92. The first-order valence-corrected chi connectivity index (χ1v) is 6.58. The highest BCUT2D eigenvalue weighted by Crippen LogP contribution is 2.18. The summed E-state index contributed by atoms with van der Waals surface area (Å²) in [6.45, 7) is 7.18. The number of rotatable bonds is 4. The Balaban J connectivity index is 2.01. The van der Waals surface area contributed by atoms with Crippen LogP contribution in [-0.4, -0.2) is 36.6 Å². The zero-order chi connectivity index (χ0) is 13.8. The molecule has 1 atom stereocenters. The van der Waals surface area contributed by atoms with E-state index in [2.05, 4.69) is 17.2 Å². The van der Waals surface area contributed by atoms with Crippen LogP contribution in [0.25, 0.3) is 0 Å². The minimum Gasteiger partial charge on any atom is -0.454 e. The Morgan fingerprint density at radius 2 is 2.42 bits per heavy atom. The van der Waals surface area contributed by atoms with Crippen LogP contribution in [0.1, 0.15) is 35.2 Å². The predicted molar refractivity (Wildman–Crippen MR) is 70.4 cm³/mol. The smallest absolute Gasteiger partial charge is 0.301 e. The molecule has 2 heterocycles. The third-order valence-corrected chi connectivity index (χ3v) is 3.36. The van der Waals surface area contributed by atoms with E-state index in [1.54, 1.807) is 0 Å². The van der Waals surface area contributed by atoms with Gasteiger partial charge in [0.2, 0.25) is 0 Å². The molecule has 6 nitrogen and oxygen atoms in total. The molecule has 0 spiro atoms. The molecule has 6 heteroatoms. The SMILES string of the molecule is CCC1CN(Cc2cc(C)c(C(=O)NN)o2)CCO1. The van der Waals surface area contributed by atoms with E-state index in [1.165, 1.54) is 0 Å². The molecule has 2 rings (SSSR count). The lowest BCUT2D eigenvalue weighted by Gasteiger charge is -2.31. The van der Waals surface area contributed by atoms with Gasteiger partial charge < -0.3 is 9.15 Å². The third-order valence-electron chi connectivity index (χ3n) is 3.36. The lowest BCUT2D eigenvalue weighted by Crippen LogP contribution is -2.41. The van der Waals surface area contributed by atoms with Crippen molar-refractivity contribution in [2.24, 2.45) is 5.84 Å². The summed E-state index contributed by atoms with van der Waals surface area (Å²) in [6, 6.07) is 1.89. The highest BCUT2D eigenvalue weighted by atomic mass is 16.5. The molecule has 0 radical (unpaired) electrons. The van der Waals surface area contributed by atoms with Gasteiger partial charge in [-0.05, 0) is 19.4 Å². The van der Waals surface area contributed by atoms with Crippen LogP contribution in [0.15, 0.2) is 10.5 Å². The van der Waals surface area contributed by atoms with Gasteiger partial charge in [0.05, 0.1) is 19.3 Å². The number of furan rings is 1. The molecule has 1 aliphatic rings. The van der Waals surface area contributed by atoms with Crippen LogP contribution < -0.4 is 11.3 Å². The van der Waals surface area contributed by atoms with Gasteiger partial charge >= 0.3 is 5.91 Å². The molecule has 1 saturated heterocycles. The molecule has 1 unspecified atom stereocenters. The van der Waals surface area contributed by atoms with Gasteiger partial charge in [0.25, 0.3) is 0 Å². The maximum Gasteiger partial charge on any atom is 0.301 e. The number of morpholine rings is 1. The molecule has 0 aromatic carbocycles. The van der Waals surface area contributed by atoms with E-state index < -0.39 is 5.91 Å². The first kappa shape index (κ1) is 14.0. The number of aryl methyl sites for hydroxylation is 1. The van der Waals surface area contributed by atoms with Crippen LogP contribution in [-0.2, 0) is 11.3 Å². The van der Waals surface area contributed by atoms with Crippen molar-refractivity contribution in [3.8, 4) is 0 Å². The van der Waals surface area contributed by atoms with Crippen molar-refractivity contribution >= 4 is 5.91 Å². The maximum atomic E-state index is 11.5. The van der Waals surface area contributed by atoms with Crippen molar-refractivity contribution in [1.82, 2.24) is 10.3 Å². The van der Waals surface area contributed by atoms with Crippen molar-refractivity contribution in [3.63, 3.8) is 0 Å². The lowest BCUT2D eigenvalue weighted by atomic mass is 10.2. The van der Waals surface area contributed by atoms with E-state index in [-0.39, 0.29) is 11.9 Å². The molecule has 19 heavy (non-hydrogen) atoms. The Hall–Kier alpha value is -1.37. The second-order valence-corrected chi connectivity index (χ2v) is 4.83. The van der Waals surface area contributed by atoms with Crippen molar-refractivity contribution < 1.29 is 13.9 Å². The predicted octanol–water partition coefficient (Wildman–Crippen LogP) is 0.802. The van der Waals surface area contributed by atoms with E-state index in [0.717, 1.165) is 37.4 Å². The Morgan fingerprint density at radius 1 is 1.63 bits per heavy atom. The number of nitrogens with zero attached hydrogens (tertiary/aromatic N) is 1. The van der Waals surface area contributed by atoms with Crippen LogP contribution in [0.2, 0.25) is 0 Å². The van der Waals surface area contributed by atoms with Gasteiger partial charge in [-0.25, -0.2) is 5.84 Å². The first-order chi connectivity index (χ1) is 9.13. The normalized spacial score (nSPS) is 20.5. The quantitative estimate of drug-likeness (QED) is 0.479. The molecule has 0 aliphatic carbocycles. The zero-order valence-corrected chi connectivity index (χ0v) is 11.4. The van der Waals surface area contributed by atoms with Crippen molar-refractivity contribution in [2.75, 3.05) is 19.7 Å². The minimum absolute atomic E-state index is 0.289. The van der Waals surface area contributed by atoms with E-state index in [1.807, 2.05) is 13.0 Å². The van der Waals surface area contributed by atoms with E-state index >= 15 is 0 Å². The van der Waals surface area contributed by atoms with Gasteiger partial charge in [-0.3, -0.25) is 15.1 Å². The Bertz CT molecular complexity index is 444. The summed E-state index contributed by atoms with van der Waals surface area (Å²) in [7, 11) is 0. The summed E-state index contributed by atoms with van der Waals surface area (Å²) >= 11 is 0. The average molecular weight is 267 g/mol. The van der Waals surface area contributed by atoms with Crippen molar-refractivity contribution in [3.05, 3.63) is 23.2 Å². The Morgan fingerprint density at radius 3 is 3.11 bits per heavy atom. The summed E-state index contributed by atoms with van der Waals surface area (Å²) in [5.74, 6) is 5.80. The number of hydrogen-bond acceptors (Lipinski definition) is 5. The van der Waals surface area contributed by atoms with Crippen LogP contribution in [0.3, 0.4) is 0 Å². The largest absolute Gasteiger partial charge is 0.454 e. The van der Waals surface area contributed by atoms with Gasteiger partial charge in [0.15, 0.2) is 5.76 Å². The molecule has 1 fully saturated rings. The van der Waals surface area contributed by atoms with Crippen LogP contribution in [0.5, 0.6) is 0 Å². The number of nitrogens with two attached hydrogens (primary N) is 1.